The smallest absolute Gasteiger partial charge is 0.138 e. The van der Waals surface area contributed by atoms with E-state index in [9.17, 15) is 0 Å². The third-order valence-electron chi connectivity index (χ3n) is 2.24. The number of hydrogen-bond acceptors (Lipinski definition) is 2. The van der Waals surface area contributed by atoms with Crippen molar-refractivity contribution in [3.63, 3.8) is 0 Å². The molecule has 0 aliphatic heterocycles. The highest BCUT2D eigenvalue weighted by atomic mass is 32.2. The summed E-state index contributed by atoms with van der Waals surface area (Å²) in [5.74, 6) is 0. The van der Waals surface area contributed by atoms with Crippen LogP contribution < -0.4 is 0 Å². The van der Waals surface area contributed by atoms with Gasteiger partial charge in [0.1, 0.15) is 5.65 Å². The van der Waals surface area contributed by atoms with E-state index in [4.69, 9.17) is 0 Å². The number of aromatic nitrogens is 2. The van der Waals surface area contributed by atoms with Gasteiger partial charge in [-0.2, -0.15) is 0 Å². The fraction of sp³-hybridized carbons (Fsp3) is 0.300. The second-order valence-corrected chi connectivity index (χ2v) is 3.95. The highest BCUT2D eigenvalue weighted by molar-refractivity contribution is 7.98. The van der Waals surface area contributed by atoms with Gasteiger partial charge in [0.25, 0.3) is 0 Å². The first-order chi connectivity index (χ1) is 6.24. The van der Waals surface area contributed by atoms with Crippen LogP contribution in [0.4, 0.5) is 0 Å². The van der Waals surface area contributed by atoms with Gasteiger partial charge in [0.15, 0.2) is 0 Å². The zero-order valence-corrected chi connectivity index (χ0v) is 8.83. The molecule has 2 heterocycles. The summed E-state index contributed by atoms with van der Waals surface area (Å²) in [7, 11) is 0. The van der Waals surface area contributed by atoms with Crippen LogP contribution in [0.25, 0.3) is 11.0 Å². The van der Waals surface area contributed by atoms with Gasteiger partial charge in [0, 0.05) is 22.2 Å². The number of rotatable bonds is 1. The number of pyridine rings is 1. The van der Waals surface area contributed by atoms with Crippen molar-refractivity contribution < 1.29 is 0 Å². The van der Waals surface area contributed by atoms with Crippen molar-refractivity contribution in [2.24, 2.45) is 0 Å². The Hall–Kier alpha value is -0.960. The fourth-order valence-corrected chi connectivity index (χ4v) is 2.44. The molecule has 0 radical (unpaired) electrons. The average Bonchev–Trinajstić information content (AvgIpc) is 2.42. The first-order valence-corrected chi connectivity index (χ1v) is 5.44. The summed E-state index contributed by atoms with van der Waals surface area (Å²) in [6.07, 6.45) is 3.94. The topological polar surface area (TPSA) is 28.7 Å². The Labute approximate surface area is 81.8 Å². The van der Waals surface area contributed by atoms with Crippen molar-refractivity contribution in [1.29, 1.82) is 0 Å². The molecule has 0 amide bonds. The van der Waals surface area contributed by atoms with Gasteiger partial charge in [0.2, 0.25) is 0 Å². The van der Waals surface area contributed by atoms with Crippen LogP contribution in [0.5, 0.6) is 0 Å². The molecule has 0 aromatic carbocycles. The predicted octanol–water partition coefficient (Wildman–Crippen LogP) is 2.90. The standard InChI is InChI=1S/C10H12N2S/c1-6-4-5-11-10-8(6)9(13-3)7(2)12-10/h4-5H,1-3H3,(H,11,12). The Kier molecular flexibility index (Phi) is 2.04. The molecule has 0 saturated heterocycles. The normalized spacial score (nSPS) is 11.0. The monoisotopic (exact) mass is 192 g/mol. The van der Waals surface area contributed by atoms with Gasteiger partial charge in [-0.25, -0.2) is 4.98 Å². The van der Waals surface area contributed by atoms with E-state index in [2.05, 4.69) is 36.1 Å². The molecule has 2 aromatic rings. The maximum atomic E-state index is 4.30. The van der Waals surface area contributed by atoms with Crippen LogP contribution in [0, 0.1) is 13.8 Å². The van der Waals surface area contributed by atoms with Crippen LogP contribution in [-0.2, 0) is 0 Å². The molecule has 0 aliphatic carbocycles. The predicted molar refractivity (Wildman–Crippen MR) is 57.3 cm³/mol. The number of fused-ring (bicyclic) bond motifs is 1. The van der Waals surface area contributed by atoms with Crippen LogP contribution in [0.3, 0.4) is 0 Å². The molecular weight excluding hydrogens is 180 g/mol. The van der Waals surface area contributed by atoms with Gasteiger partial charge >= 0.3 is 0 Å². The van der Waals surface area contributed by atoms with Crippen LogP contribution in [0.15, 0.2) is 17.2 Å². The molecule has 0 unspecified atom stereocenters. The second-order valence-electron chi connectivity index (χ2n) is 3.13. The molecule has 68 valence electrons. The minimum atomic E-state index is 1.00. The largest absolute Gasteiger partial charge is 0.342 e. The summed E-state index contributed by atoms with van der Waals surface area (Å²) in [6, 6.07) is 2.05. The van der Waals surface area contributed by atoms with Crippen molar-refractivity contribution in [3.05, 3.63) is 23.5 Å². The van der Waals surface area contributed by atoms with Gasteiger partial charge in [-0.05, 0) is 31.7 Å². The summed E-state index contributed by atoms with van der Waals surface area (Å²) in [6.45, 7) is 4.21. The van der Waals surface area contributed by atoms with Crippen molar-refractivity contribution in [2.75, 3.05) is 6.26 Å². The van der Waals surface area contributed by atoms with Gasteiger partial charge in [-0.1, -0.05) is 0 Å². The molecule has 0 atom stereocenters. The van der Waals surface area contributed by atoms with Crippen molar-refractivity contribution in [3.8, 4) is 0 Å². The van der Waals surface area contributed by atoms with Crippen molar-refractivity contribution in [1.82, 2.24) is 9.97 Å². The average molecular weight is 192 g/mol. The molecule has 3 heteroatoms. The lowest BCUT2D eigenvalue weighted by Crippen LogP contribution is -1.78. The number of nitrogens with zero attached hydrogens (tertiary/aromatic N) is 1. The van der Waals surface area contributed by atoms with E-state index in [0.29, 0.717) is 0 Å². The number of nitrogens with one attached hydrogen (secondary N) is 1. The van der Waals surface area contributed by atoms with Gasteiger partial charge < -0.3 is 4.98 Å². The number of hydrogen-bond donors (Lipinski definition) is 1. The molecule has 2 rings (SSSR count). The summed E-state index contributed by atoms with van der Waals surface area (Å²) in [5.41, 5.74) is 3.50. The summed E-state index contributed by atoms with van der Waals surface area (Å²) in [5, 5.41) is 1.27. The number of H-pyrrole nitrogens is 1. The molecule has 0 saturated carbocycles. The highest BCUT2D eigenvalue weighted by Crippen LogP contribution is 2.30. The van der Waals surface area contributed by atoms with E-state index in [1.165, 1.54) is 21.5 Å². The van der Waals surface area contributed by atoms with E-state index in [-0.39, 0.29) is 0 Å². The molecule has 0 spiro atoms. The van der Waals surface area contributed by atoms with Gasteiger partial charge in [-0.15, -0.1) is 11.8 Å². The Morgan fingerprint density at radius 2 is 2.15 bits per heavy atom. The quantitative estimate of drug-likeness (QED) is 0.704. The number of aromatic amines is 1. The molecule has 1 N–H and O–H groups in total. The minimum absolute atomic E-state index is 1.00. The van der Waals surface area contributed by atoms with E-state index in [1.54, 1.807) is 11.8 Å². The molecule has 2 aromatic heterocycles. The van der Waals surface area contributed by atoms with E-state index >= 15 is 0 Å². The van der Waals surface area contributed by atoms with Crippen LogP contribution in [0.1, 0.15) is 11.3 Å². The summed E-state index contributed by atoms with van der Waals surface area (Å²) >= 11 is 1.77. The Balaban J connectivity index is 2.88. The zero-order valence-electron chi connectivity index (χ0n) is 8.01. The molecule has 13 heavy (non-hydrogen) atoms. The molecule has 2 nitrogen and oxygen atoms in total. The summed E-state index contributed by atoms with van der Waals surface area (Å²) < 4.78 is 0. The summed E-state index contributed by atoms with van der Waals surface area (Å²) in [4.78, 5) is 8.91. The Morgan fingerprint density at radius 1 is 1.38 bits per heavy atom. The fourth-order valence-electron chi connectivity index (χ4n) is 1.62. The van der Waals surface area contributed by atoms with Crippen molar-refractivity contribution >= 4 is 22.8 Å². The lowest BCUT2D eigenvalue weighted by atomic mass is 10.2. The van der Waals surface area contributed by atoms with Crippen molar-refractivity contribution in [2.45, 2.75) is 18.7 Å². The first-order valence-electron chi connectivity index (χ1n) is 4.22. The first kappa shape index (κ1) is 8.63. The number of aryl methyl sites for hydroxylation is 2. The maximum absolute atomic E-state index is 4.30. The lowest BCUT2D eigenvalue weighted by Gasteiger charge is -1.97. The highest BCUT2D eigenvalue weighted by Gasteiger charge is 2.09. The molecular formula is C10H12N2S. The molecule has 0 bridgehead atoms. The molecule has 0 aliphatic rings. The van der Waals surface area contributed by atoms with Gasteiger partial charge in [-0.3, -0.25) is 0 Å². The Morgan fingerprint density at radius 3 is 2.85 bits per heavy atom. The van der Waals surface area contributed by atoms with Crippen LogP contribution in [-0.4, -0.2) is 16.2 Å². The van der Waals surface area contributed by atoms with Crippen LogP contribution >= 0.6 is 11.8 Å². The lowest BCUT2D eigenvalue weighted by molar-refractivity contribution is 1.21. The van der Waals surface area contributed by atoms with E-state index in [0.717, 1.165) is 5.65 Å². The number of thioether (sulfide) groups is 1. The third-order valence-corrected chi connectivity index (χ3v) is 3.16. The van der Waals surface area contributed by atoms with E-state index in [1.807, 2.05) is 6.20 Å². The van der Waals surface area contributed by atoms with Gasteiger partial charge in [0.05, 0.1) is 0 Å². The second kappa shape index (κ2) is 3.07. The minimum Gasteiger partial charge on any atom is -0.342 e. The SMILES string of the molecule is CSc1c(C)[nH]c2nccc(C)c12. The van der Waals surface area contributed by atoms with E-state index < -0.39 is 0 Å². The van der Waals surface area contributed by atoms with Crippen LogP contribution in [0.2, 0.25) is 0 Å². The zero-order chi connectivity index (χ0) is 9.42. The molecule has 0 fully saturated rings. The Bertz CT molecular complexity index is 445. The maximum Gasteiger partial charge on any atom is 0.138 e. The third kappa shape index (κ3) is 1.23.